The quantitative estimate of drug-likeness (QED) is 0.504. The van der Waals surface area contributed by atoms with Gasteiger partial charge in [-0.05, 0) is 12.1 Å². The number of alkyl halides is 3. The number of amides is 2. The molecule has 1 aliphatic rings. The average molecular weight is 464 g/mol. The zero-order valence-electron chi connectivity index (χ0n) is 15.6. The van der Waals surface area contributed by atoms with E-state index in [1.165, 1.54) is 0 Å². The van der Waals surface area contributed by atoms with Crippen molar-refractivity contribution in [2.75, 3.05) is 18.5 Å². The van der Waals surface area contributed by atoms with Crippen LogP contribution in [0.4, 0.5) is 36.4 Å². The molecule has 6 nitrogen and oxygen atoms in total. The summed E-state index contributed by atoms with van der Waals surface area (Å²) >= 11 is 0. The first-order valence-electron chi connectivity index (χ1n) is 8.61. The fraction of sp³-hybridized carbons (Fsp3) is 0.158. The maximum atomic E-state index is 14.1. The number of nitrogens with one attached hydrogen (secondary N) is 1. The number of hydrogen-bond acceptors (Lipinski definition) is 5. The first-order valence-corrected chi connectivity index (χ1v) is 8.61. The minimum Gasteiger partial charge on any atom is -0.448 e. The predicted octanol–water partition coefficient (Wildman–Crippen LogP) is 3.71. The zero-order valence-corrected chi connectivity index (χ0v) is 15.6. The Labute approximate surface area is 174 Å². The van der Waals surface area contributed by atoms with Gasteiger partial charge >= 0.3 is 6.18 Å². The molecule has 2 amide bonds. The molecule has 2 aromatic rings. The van der Waals surface area contributed by atoms with Gasteiger partial charge in [0, 0.05) is 18.2 Å². The number of aliphatic hydroxyl groups is 1. The minimum absolute atomic E-state index is 0.0671. The van der Waals surface area contributed by atoms with Gasteiger partial charge < -0.3 is 15.2 Å². The number of ether oxygens (including phenoxy) is 1. The monoisotopic (exact) mass is 464 g/mol. The Kier molecular flexibility index (Phi) is 6.12. The van der Waals surface area contributed by atoms with E-state index in [1.807, 2.05) is 0 Å². The van der Waals surface area contributed by atoms with Gasteiger partial charge in [0.1, 0.15) is 11.5 Å². The molecule has 0 bridgehead atoms. The molecule has 1 heterocycles. The van der Waals surface area contributed by atoms with E-state index >= 15 is 0 Å². The number of carbonyl (C=O) groups excluding carboxylic acids is 2. The Morgan fingerprint density at radius 2 is 1.56 bits per heavy atom. The molecule has 0 aromatic heterocycles. The molecule has 0 unspecified atom stereocenters. The van der Waals surface area contributed by atoms with Crippen LogP contribution in [-0.4, -0.2) is 35.0 Å². The Balaban J connectivity index is 1.91. The third-order valence-electron chi connectivity index (χ3n) is 4.16. The summed E-state index contributed by atoms with van der Waals surface area (Å²) in [6, 6.07) is 0.643. The van der Waals surface area contributed by atoms with Gasteiger partial charge in [-0.25, -0.2) is 17.6 Å². The molecule has 32 heavy (non-hydrogen) atoms. The lowest BCUT2D eigenvalue weighted by Crippen LogP contribution is -2.34. The number of β-amino-alcohol motifs (C(OH)–C–C–N with tert-alkyl or cyclic N) is 1. The van der Waals surface area contributed by atoms with E-state index in [9.17, 15) is 40.3 Å². The standard InChI is InChI=1S/C19H11F7N2O4/c20-9-5-10(21)15(32-17-11(22)3-8(4-12(17)23)19(24,25)26)6-13(9)27-14-7-16(30)28(1-2-29)18(14)31/h3-7,27,29H,1-2H2. The lowest BCUT2D eigenvalue weighted by Gasteiger charge is -2.15. The number of hydrogen-bond donors (Lipinski definition) is 2. The van der Waals surface area contributed by atoms with Gasteiger partial charge in [0.05, 0.1) is 24.4 Å². The van der Waals surface area contributed by atoms with E-state index in [4.69, 9.17) is 9.84 Å². The molecule has 0 atom stereocenters. The molecule has 0 radical (unpaired) electrons. The van der Waals surface area contributed by atoms with Crippen molar-refractivity contribution in [2.45, 2.75) is 6.18 Å². The Morgan fingerprint density at radius 1 is 0.938 bits per heavy atom. The highest BCUT2D eigenvalue weighted by atomic mass is 19.4. The molecule has 0 aliphatic carbocycles. The first kappa shape index (κ1) is 23.1. The number of benzene rings is 2. The van der Waals surface area contributed by atoms with Crippen LogP contribution in [0.15, 0.2) is 36.0 Å². The lowest BCUT2D eigenvalue weighted by atomic mass is 10.2. The zero-order chi connectivity index (χ0) is 23.8. The van der Waals surface area contributed by atoms with Crippen LogP contribution in [0.25, 0.3) is 0 Å². The summed E-state index contributed by atoms with van der Waals surface area (Å²) in [6.45, 7) is -0.877. The van der Waals surface area contributed by atoms with E-state index in [0.717, 1.165) is 6.08 Å². The maximum Gasteiger partial charge on any atom is 0.416 e. The number of halogens is 7. The van der Waals surface area contributed by atoms with Gasteiger partial charge in [0.25, 0.3) is 11.8 Å². The van der Waals surface area contributed by atoms with Gasteiger partial charge in [-0.15, -0.1) is 0 Å². The molecule has 0 saturated heterocycles. The molecule has 2 N–H and O–H groups in total. The Morgan fingerprint density at radius 3 is 2.12 bits per heavy atom. The largest absolute Gasteiger partial charge is 0.448 e. The maximum absolute atomic E-state index is 14.1. The summed E-state index contributed by atoms with van der Waals surface area (Å²) in [7, 11) is 0. The summed E-state index contributed by atoms with van der Waals surface area (Å²) in [5.74, 6) is -10.5. The molecule has 3 rings (SSSR count). The lowest BCUT2D eigenvalue weighted by molar-refractivity contribution is -0.138. The van der Waals surface area contributed by atoms with Gasteiger partial charge in [0.2, 0.25) is 0 Å². The highest BCUT2D eigenvalue weighted by Crippen LogP contribution is 2.37. The van der Waals surface area contributed by atoms with E-state index in [1.54, 1.807) is 0 Å². The molecule has 0 saturated carbocycles. The highest BCUT2D eigenvalue weighted by Gasteiger charge is 2.34. The number of aliphatic hydroxyl groups excluding tert-OH is 1. The molecular weight excluding hydrogens is 453 g/mol. The van der Waals surface area contributed by atoms with E-state index < -0.39 is 76.3 Å². The molecule has 2 aromatic carbocycles. The van der Waals surface area contributed by atoms with Crippen LogP contribution in [0.1, 0.15) is 5.56 Å². The number of rotatable bonds is 6. The van der Waals surface area contributed by atoms with E-state index in [2.05, 4.69) is 5.32 Å². The molecule has 170 valence electrons. The highest BCUT2D eigenvalue weighted by molar-refractivity contribution is 6.17. The van der Waals surface area contributed by atoms with Crippen LogP contribution in [0, 0.1) is 23.3 Å². The molecule has 1 aliphatic heterocycles. The predicted molar refractivity (Wildman–Crippen MR) is 93.3 cm³/mol. The van der Waals surface area contributed by atoms with Crippen molar-refractivity contribution in [3.05, 3.63) is 64.9 Å². The van der Waals surface area contributed by atoms with Gasteiger partial charge in [-0.2, -0.15) is 13.2 Å². The fourth-order valence-corrected chi connectivity index (χ4v) is 2.69. The first-order chi connectivity index (χ1) is 14.9. The molecular formula is C19H11F7N2O4. The average Bonchev–Trinajstić information content (AvgIpc) is 2.94. The molecule has 0 fully saturated rings. The number of imide groups is 1. The number of carbonyl (C=O) groups is 2. The van der Waals surface area contributed by atoms with Crippen LogP contribution in [0.5, 0.6) is 11.5 Å². The van der Waals surface area contributed by atoms with Crippen LogP contribution < -0.4 is 10.1 Å². The topological polar surface area (TPSA) is 78.9 Å². The normalized spacial score (nSPS) is 14.1. The van der Waals surface area contributed by atoms with Gasteiger partial charge in [-0.3, -0.25) is 14.5 Å². The Bertz CT molecular complexity index is 1110. The summed E-state index contributed by atoms with van der Waals surface area (Å²) in [4.78, 5) is 24.5. The third kappa shape index (κ3) is 4.51. The summed E-state index contributed by atoms with van der Waals surface area (Å²) in [5.41, 5.74) is -2.75. The van der Waals surface area contributed by atoms with E-state index in [0.29, 0.717) is 11.0 Å². The van der Waals surface area contributed by atoms with Crippen LogP contribution in [-0.2, 0) is 15.8 Å². The van der Waals surface area contributed by atoms with Crippen molar-refractivity contribution in [2.24, 2.45) is 0 Å². The van der Waals surface area contributed by atoms with Crippen LogP contribution in [0.2, 0.25) is 0 Å². The minimum atomic E-state index is -5.05. The SMILES string of the molecule is O=C1C=C(Nc2cc(Oc3c(F)cc(C(F)(F)F)cc3F)c(F)cc2F)C(=O)N1CCO. The van der Waals surface area contributed by atoms with E-state index in [-0.39, 0.29) is 24.7 Å². The van der Waals surface area contributed by atoms with Crippen molar-refractivity contribution < 1.29 is 50.2 Å². The fourth-order valence-electron chi connectivity index (χ4n) is 2.69. The summed E-state index contributed by atoms with van der Waals surface area (Å²) in [5, 5.41) is 11.1. The second-order valence-electron chi connectivity index (χ2n) is 6.33. The molecule has 13 heteroatoms. The van der Waals surface area contributed by atoms with Crippen LogP contribution >= 0.6 is 0 Å². The van der Waals surface area contributed by atoms with Gasteiger partial charge in [0.15, 0.2) is 29.0 Å². The van der Waals surface area contributed by atoms with Crippen LogP contribution in [0.3, 0.4) is 0 Å². The molecule has 0 spiro atoms. The second kappa shape index (κ2) is 8.49. The number of nitrogens with zero attached hydrogens (tertiary/aromatic N) is 1. The second-order valence-corrected chi connectivity index (χ2v) is 6.33. The van der Waals surface area contributed by atoms with Crippen molar-refractivity contribution in [1.82, 2.24) is 4.90 Å². The van der Waals surface area contributed by atoms with Crippen molar-refractivity contribution in [1.29, 1.82) is 0 Å². The summed E-state index contributed by atoms with van der Waals surface area (Å²) < 4.78 is 98.8. The third-order valence-corrected chi connectivity index (χ3v) is 4.16. The van der Waals surface area contributed by atoms with Gasteiger partial charge in [-0.1, -0.05) is 0 Å². The van der Waals surface area contributed by atoms with Crippen molar-refractivity contribution in [3.8, 4) is 11.5 Å². The summed E-state index contributed by atoms with van der Waals surface area (Å²) in [6.07, 6.45) is -4.28. The smallest absolute Gasteiger partial charge is 0.416 e. The van der Waals surface area contributed by atoms with Crippen molar-refractivity contribution >= 4 is 17.5 Å². The Hall–Kier alpha value is -3.61. The number of anilines is 1. The van der Waals surface area contributed by atoms with Crippen molar-refractivity contribution in [3.63, 3.8) is 0 Å².